The molecule has 1 aromatic rings. The van der Waals surface area contributed by atoms with Crippen molar-refractivity contribution in [3.63, 3.8) is 0 Å². The van der Waals surface area contributed by atoms with Crippen LogP contribution in [0.5, 0.6) is 0 Å². The fourth-order valence-corrected chi connectivity index (χ4v) is 2.57. The van der Waals surface area contributed by atoms with Crippen molar-refractivity contribution in [3.05, 3.63) is 29.6 Å². The smallest absolute Gasteiger partial charge is 0.163 e. The van der Waals surface area contributed by atoms with E-state index < -0.39 is 0 Å². The Labute approximate surface area is 97.1 Å². The molecule has 2 heteroatoms. The molecule has 1 aromatic heterocycles. The minimum absolute atomic E-state index is 0.311. The fraction of sp³-hybridized carbons (Fsp3) is 0.571. The van der Waals surface area contributed by atoms with E-state index in [-0.39, 0.29) is 0 Å². The predicted octanol–water partition coefficient (Wildman–Crippen LogP) is 3.41. The number of rotatable bonds is 4. The van der Waals surface area contributed by atoms with E-state index in [4.69, 9.17) is 0 Å². The van der Waals surface area contributed by atoms with Gasteiger partial charge in [-0.25, -0.2) is 0 Å². The van der Waals surface area contributed by atoms with Crippen molar-refractivity contribution >= 4 is 5.78 Å². The Bertz CT molecular complexity index is 367. The number of ketones is 1. The zero-order chi connectivity index (χ0) is 11.4. The van der Waals surface area contributed by atoms with Crippen molar-refractivity contribution in [2.45, 2.75) is 45.4 Å². The zero-order valence-corrected chi connectivity index (χ0v) is 9.91. The lowest BCUT2D eigenvalue weighted by molar-refractivity contribution is 0.0961. The molecule has 0 amide bonds. The van der Waals surface area contributed by atoms with Crippen molar-refractivity contribution in [2.24, 2.45) is 5.92 Å². The van der Waals surface area contributed by atoms with Gasteiger partial charge in [-0.05, 0) is 24.0 Å². The van der Waals surface area contributed by atoms with E-state index >= 15 is 0 Å². The number of aryl methyl sites for hydroxylation is 1. The lowest BCUT2D eigenvalue weighted by atomic mass is 9.95. The molecular formula is C14H19NO. The van der Waals surface area contributed by atoms with Gasteiger partial charge in [0.15, 0.2) is 5.78 Å². The Hall–Kier alpha value is -1.18. The summed E-state index contributed by atoms with van der Waals surface area (Å²) < 4.78 is 0. The average Bonchev–Trinajstić information content (AvgIpc) is 2.81. The molecule has 1 heterocycles. The average molecular weight is 217 g/mol. The van der Waals surface area contributed by atoms with E-state index in [1.165, 1.54) is 25.7 Å². The molecule has 2 rings (SSSR count). The number of aromatic nitrogens is 1. The highest BCUT2D eigenvalue weighted by Crippen LogP contribution is 2.29. The Balaban J connectivity index is 2.07. The Kier molecular flexibility index (Phi) is 3.70. The van der Waals surface area contributed by atoms with Crippen LogP contribution in [0.15, 0.2) is 18.5 Å². The molecule has 0 aliphatic heterocycles. The van der Waals surface area contributed by atoms with Crippen LogP contribution in [0.3, 0.4) is 0 Å². The first-order chi connectivity index (χ1) is 7.81. The van der Waals surface area contributed by atoms with Gasteiger partial charge in [0.2, 0.25) is 0 Å². The summed E-state index contributed by atoms with van der Waals surface area (Å²) in [6.45, 7) is 2.07. The monoisotopic (exact) mass is 217 g/mol. The lowest BCUT2D eigenvalue weighted by Crippen LogP contribution is -2.08. The summed E-state index contributed by atoms with van der Waals surface area (Å²) >= 11 is 0. The third kappa shape index (κ3) is 2.49. The Morgan fingerprint density at radius 2 is 2.19 bits per heavy atom. The van der Waals surface area contributed by atoms with Gasteiger partial charge in [0.1, 0.15) is 0 Å². The molecule has 0 atom stereocenters. The summed E-state index contributed by atoms with van der Waals surface area (Å²) in [7, 11) is 0. The molecule has 1 saturated carbocycles. The van der Waals surface area contributed by atoms with Crippen molar-refractivity contribution < 1.29 is 4.79 Å². The third-order valence-corrected chi connectivity index (χ3v) is 3.53. The van der Waals surface area contributed by atoms with Crippen molar-refractivity contribution in [1.29, 1.82) is 0 Å². The maximum absolute atomic E-state index is 12.2. The van der Waals surface area contributed by atoms with E-state index in [0.29, 0.717) is 11.7 Å². The van der Waals surface area contributed by atoms with Gasteiger partial charge in [0, 0.05) is 24.4 Å². The van der Waals surface area contributed by atoms with Crippen LogP contribution in [0.2, 0.25) is 0 Å². The second kappa shape index (κ2) is 5.24. The maximum atomic E-state index is 12.2. The number of pyridine rings is 1. The van der Waals surface area contributed by atoms with E-state index in [2.05, 4.69) is 11.9 Å². The summed E-state index contributed by atoms with van der Waals surface area (Å²) in [5.41, 5.74) is 1.98. The molecule has 1 aliphatic carbocycles. The quantitative estimate of drug-likeness (QED) is 0.723. The van der Waals surface area contributed by atoms with Crippen molar-refractivity contribution in [1.82, 2.24) is 4.98 Å². The Morgan fingerprint density at radius 3 is 2.88 bits per heavy atom. The Morgan fingerprint density at radius 1 is 1.44 bits per heavy atom. The van der Waals surface area contributed by atoms with Crippen LogP contribution in [0.25, 0.3) is 0 Å². The predicted molar refractivity (Wildman–Crippen MR) is 64.5 cm³/mol. The summed E-state index contributed by atoms with van der Waals surface area (Å²) in [5.74, 6) is 0.941. The van der Waals surface area contributed by atoms with Gasteiger partial charge in [0.05, 0.1) is 0 Å². The second-order valence-electron chi connectivity index (χ2n) is 4.66. The summed E-state index contributed by atoms with van der Waals surface area (Å²) in [5, 5.41) is 0. The van der Waals surface area contributed by atoms with Gasteiger partial charge in [-0.15, -0.1) is 0 Å². The fourth-order valence-electron chi connectivity index (χ4n) is 2.57. The van der Waals surface area contributed by atoms with E-state index in [1.54, 1.807) is 6.20 Å². The summed E-state index contributed by atoms with van der Waals surface area (Å²) in [6, 6.07) is 1.87. The minimum atomic E-state index is 0.311. The number of Topliss-reactive ketones (excluding diaryl/α,β-unsaturated/α-hetero) is 1. The van der Waals surface area contributed by atoms with Gasteiger partial charge in [-0.2, -0.15) is 0 Å². The molecule has 2 nitrogen and oxygen atoms in total. The highest BCUT2D eigenvalue weighted by molar-refractivity contribution is 5.97. The van der Waals surface area contributed by atoms with Crippen LogP contribution >= 0.6 is 0 Å². The highest BCUT2D eigenvalue weighted by Gasteiger charge is 2.20. The standard InChI is InChI=1S/C14H19NO/c1-2-12-10-15-8-7-13(12)14(16)9-11-5-3-4-6-11/h7-8,10-11H,2-6,9H2,1H3. The lowest BCUT2D eigenvalue weighted by Gasteiger charge is -2.10. The van der Waals surface area contributed by atoms with Crippen LogP contribution in [-0.2, 0) is 6.42 Å². The van der Waals surface area contributed by atoms with Crippen LogP contribution in [0.1, 0.15) is 54.9 Å². The first kappa shape index (κ1) is 11.3. The first-order valence-corrected chi connectivity index (χ1v) is 6.27. The number of carbonyl (C=O) groups excluding carboxylic acids is 1. The minimum Gasteiger partial charge on any atom is -0.294 e. The normalized spacial score (nSPS) is 16.6. The first-order valence-electron chi connectivity index (χ1n) is 6.27. The molecule has 0 unspecified atom stereocenters. The largest absolute Gasteiger partial charge is 0.294 e. The molecular weight excluding hydrogens is 198 g/mol. The molecule has 1 fully saturated rings. The highest BCUT2D eigenvalue weighted by atomic mass is 16.1. The number of carbonyl (C=O) groups is 1. The van der Waals surface area contributed by atoms with E-state index in [1.807, 2.05) is 12.3 Å². The zero-order valence-electron chi connectivity index (χ0n) is 9.91. The van der Waals surface area contributed by atoms with Gasteiger partial charge in [-0.3, -0.25) is 9.78 Å². The molecule has 0 radical (unpaired) electrons. The molecule has 0 bridgehead atoms. The number of hydrogen-bond donors (Lipinski definition) is 0. The van der Waals surface area contributed by atoms with Crippen molar-refractivity contribution in [2.75, 3.05) is 0 Å². The number of hydrogen-bond acceptors (Lipinski definition) is 2. The van der Waals surface area contributed by atoms with Crippen LogP contribution in [0, 0.1) is 5.92 Å². The SMILES string of the molecule is CCc1cnccc1C(=O)CC1CCCC1. The van der Waals surface area contributed by atoms with Crippen LogP contribution < -0.4 is 0 Å². The molecule has 0 spiro atoms. The van der Waals surface area contributed by atoms with Crippen LogP contribution in [-0.4, -0.2) is 10.8 Å². The van der Waals surface area contributed by atoms with Gasteiger partial charge < -0.3 is 0 Å². The summed E-state index contributed by atoms with van der Waals surface area (Å²) in [6.07, 6.45) is 10.2. The molecule has 0 N–H and O–H groups in total. The molecule has 0 saturated heterocycles. The van der Waals surface area contributed by atoms with Gasteiger partial charge in [-0.1, -0.05) is 32.6 Å². The third-order valence-electron chi connectivity index (χ3n) is 3.53. The molecule has 0 aromatic carbocycles. The summed E-state index contributed by atoms with van der Waals surface area (Å²) in [4.78, 5) is 16.2. The second-order valence-corrected chi connectivity index (χ2v) is 4.66. The topological polar surface area (TPSA) is 30.0 Å². The van der Waals surface area contributed by atoms with E-state index in [0.717, 1.165) is 24.0 Å². The molecule has 86 valence electrons. The van der Waals surface area contributed by atoms with Crippen molar-refractivity contribution in [3.8, 4) is 0 Å². The maximum Gasteiger partial charge on any atom is 0.163 e. The van der Waals surface area contributed by atoms with Crippen LogP contribution in [0.4, 0.5) is 0 Å². The van der Waals surface area contributed by atoms with Gasteiger partial charge in [0.25, 0.3) is 0 Å². The molecule has 16 heavy (non-hydrogen) atoms. The number of nitrogens with zero attached hydrogens (tertiary/aromatic N) is 1. The van der Waals surface area contributed by atoms with Gasteiger partial charge >= 0.3 is 0 Å². The van der Waals surface area contributed by atoms with E-state index in [9.17, 15) is 4.79 Å². The molecule has 1 aliphatic rings.